The van der Waals surface area contributed by atoms with E-state index in [2.05, 4.69) is 16.9 Å². The number of nitro groups is 1. The number of aliphatic hydroxyl groups is 1. The number of aliphatic hydroxyl groups excluding tert-OH is 1. The van der Waals surface area contributed by atoms with Crippen molar-refractivity contribution in [1.29, 1.82) is 0 Å². The fourth-order valence-corrected chi connectivity index (χ4v) is 2.92. The molecule has 1 N–H and O–H groups in total. The molecule has 1 fully saturated rings. The molecule has 7 nitrogen and oxygen atoms in total. The SMILES string of the molecule is CC1CCN(c2ncnc3ccc([N+](=O)[O-])cc23)C1CO. The van der Waals surface area contributed by atoms with Crippen molar-refractivity contribution in [2.24, 2.45) is 5.92 Å². The van der Waals surface area contributed by atoms with Gasteiger partial charge in [-0.2, -0.15) is 0 Å². The largest absolute Gasteiger partial charge is 0.394 e. The Bertz CT molecular complexity index is 691. The molecule has 1 aromatic carbocycles. The third-order valence-corrected chi connectivity index (χ3v) is 4.15. The van der Waals surface area contributed by atoms with E-state index in [1.54, 1.807) is 6.07 Å². The number of non-ortho nitro benzene ring substituents is 1. The molecule has 1 aliphatic heterocycles. The fraction of sp³-hybridized carbons (Fsp3) is 0.429. The Morgan fingerprint density at radius 3 is 3.00 bits per heavy atom. The third-order valence-electron chi connectivity index (χ3n) is 4.15. The van der Waals surface area contributed by atoms with Gasteiger partial charge in [0.2, 0.25) is 0 Å². The first-order valence-electron chi connectivity index (χ1n) is 6.88. The van der Waals surface area contributed by atoms with Crippen molar-refractivity contribution in [3.63, 3.8) is 0 Å². The van der Waals surface area contributed by atoms with E-state index >= 15 is 0 Å². The summed E-state index contributed by atoms with van der Waals surface area (Å²) in [5, 5.41) is 21.2. The molecular weight excluding hydrogens is 272 g/mol. The molecule has 1 aromatic heterocycles. The Morgan fingerprint density at radius 2 is 2.29 bits per heavy atom. The van der Waals surface area contributed by atoms with Gasteiger partial charge in [-0.25, -0.2) is 9.97 Å². The normalized spacial score (nSPS) is 21.9. The summed E-state index contributed by atoms with van der Waals surface area (Å²) < 4.78 is 0. The van der Waals surface area contributed by atoms with Crippen LogP contribution < -0.4 is 4.90 Å². The van der Waals surface area contributed by atoms with Gasteiger partial charge in [-0.05, 0) is 18.4 Å². The van der Waals surface area contributed by atoms with Crippen LogP contribution in [0.3, 0.4) is 0 Å². The van der Waals surface area contributed by atoms with Crippen LogP contribution in [-0.2, 0) is 0 Å². The summed E-state index contributed by atoms with van der Waals surface area (Å²) in [7, 11) is 0. The van der Waals surface area contributed by atoms with Crippen molar-refractivity contribution in [3.05, 3.63) is 34.6 Å². The van der Waals surface area contributed by atoms with Crippen LogP contribution in [0.15, 0.2) is 24.5 Å². The number of nitro benzene ring substituents is 1. The summed E-state index contributed by atoms with van der Waals surface area (Å²) in [6, 6.07) is 4.56. The molecule has 21 heavy (non-hydrogen) atoms. The van der Waals surface area contributed by atoms with E-state index < -0.39 is 4.92 Å². The number of rotatable bonds is 3. The zero-order chi connectivity index (χ0) is 15.0. The summed E-state index contributed by atoms with van der Waals surface area (Å²) in [4.78, 5) is 21.0. The average Bonchev–Trinajstić information content (AvgIpc) is 2.86. The zero-order valence-electron chi connectivity index (χ0n) is 11.6. The van der Waals surface area contributed by atoms with Crippen molar-refractivity contribution in [2.75, 3.05) is 18.1 Å². The monoisotopic (exact) mass is 288 g/mol. The van der Waals surface area contributed by atoms with Crippen LogP contribution in [0.2, 0.25) is 0 Å². The van der Waals surface area contributed by atoms with Crippen LogP contribution in [0.5, 0.6) is 0 Å². The number of fused-ring (bicyclic) bond motifs is 1. The number of benzene rings is 1. The number of anilines is 1. The first-order valence-corrected chi connectivity index (χ1v) is 6.88. The summed E-state index contributed by atoms with van der Waals surface area (Å²) in [6.07, 6.45) is 2.42. The van der Waals surface area contributed by atoms with E-state index in [0.29, 0.717) is 22.6 Å². The molecule has 1 aliphatic rings. The highest BCUT2D eigenvalue weighted by atomic mass is 16.6. The maximum Gasteiger partial charge on any atom is 0.270 e. The van der Waals surface area contributed by atoms with Crippen molar-refractivity contribution >= 4 is 22.4 Å². The van der Waals surface area contributed by atoms with Gasteiger partial charge in [-0.15, -0.1) is 0 Å². The molecule has 2 atom stereocenters. The standard InChI is InChI=1S/C14H16N4O3/c1-9-4-5-17(13(9)7-19)14-11-6-10(18(20)21)2-3-12(11)15-8-16-14/h2-3,6,8-9,13,19H,4-5,7H2,1H3. The van der Waals surface area contributed by atoms with Crippen molar-refractivity contribution < 1.29 is 10.0 Å². The van der Waals surface area contributed by atoms with E-state index in [1.807, 2.05) is 4.90 Å². The van der Waals surface area contributed by atoms with Crippen LogP contribution in [0.4, 0.5) is 11.5 Å². The minimum atomic E-state index is -0.424. The van der Waals surface area contributed by atoms with Crippen LogP contribution in [0.1, 0.15) is 13.3 Å². The van der Waals surface area contributed by atoms with E-state index in [1.165, 1.54) is 18.5 Å². The van der Waals surface area contributed by atoms with E-state index in [0.717, 1.165) is 13.0 Å². The highest BCUT2D eigenvalue weighted by molar-refractivity contribution is 5.91. The molecule has 2 unspecified atom stereocenters. The predicted octanol–water partition coefficient (Wildman–Crippen LogP) is 1.75. The van der Waals surface area contributed by atoms with Crippen molar-refractivity contribution in [2.45, 2.75) is 19.4 Å². The summed E-state index contributed by atoms with van der Waals surface area (Å²) >= 11 is 0. The molecule has 3 rings (SSSR count). The van der Waals surface area contributed by atoms with E-state index in [9.17, 15) is 15.2 Å². The lowest BCUT2D eigenvalue weighted by atomic mass is 10.0. The Morgan fingerprint density at radius 1 is 1.48 bits per heavy atom. The van der Waals surface area contributed by atoms with E-state index in [-0.39, 0.29) is 18.3 Å². The summed E-state index contributed by atoms with van der Waals surface area (Å²) in [5.41, 5.74) is 0.688. The summed E-state index contributed by atoms with van der Waals surface area (Å²) in [5.74, 6) is 1.02. The van der Waals surface area contributed by atoms with Crippen molar-refractivity contribution in [3.8, 4) is 0 Å². The molecule has 7 heteroatoms. The smallest absolute Gasteiger partial charge is 0.270 e. The van der Waals surface area contributed by atoms with Gasteiger partial charge in [-0.3, -0.25) is 10.1 Å². The Balaban J connectivity index is 2.13. The first kappa shape index (κ1) is 13.7. The quantitative estimate of drug-likeness (QED) is 0.683. The Kier molecular flexibility index (Phi) is 3.42. The number of nitrogens with zero attached hydrogens (tertiary/aromatic N) is 4. The molecule has 1 saturated heterocycles. The van der Waals surface area contributed by atoms with Gasteiger partial charge in [0.15, 0.2) is 0 Å². The predicted molar refractivity (Wildman–Crippen MR) is 78.2 cm³/mol. The van der Waals surface area contributed by atoms with Gasteiger partial charge in [-0.1, -0.05) is 6.92 Å². The molecule has 0 bridgehead atoms. The molecule has 110 valence electrons. The highest BCUT2D eigenvalue weighted by Crippen LogP contribution is 2.33. The molecule has 0 saturated carbocycles. The van der Waals surface area contributed by atoms with Gasteiger partial charge in [0.05, 0.1) is 23.1 Å². The second-order valence-electron chi connectivity index (χ2n) is 5.37. The van der Waals surface area contributed by atoms with Crippen LogP contribution in [0, 0.1) is 16.0 Å². The van der Waals surface area contributed by atoms with Gasteiger partial charge in [0, 0.05) is 24.1 Å². The molecule has 0 spiro atoms. The highest BCUT2D eigenvalue weighted by Gasteiger charge is 2.32. The first-order chi connectivity index (χ1) is 10.1. The van der Waals surface area contributed by atoms with Crippen LogP contribution in [0.25, 0.3) is 10.9 Å². The number of hydrogen-bond donors (Lipinski definition) is 1. The topological polar surface area (TPSA) is 92.4 Å². The van der Waals surface area contributed by atoms with Crippen LogP contribution >= 0.6 is 0 Å². The maximum absolute atomic E-state index is 11.0. The maximum atomic E-state index is 11.0. The second-order valence-corrected chi connectivity index (χ2v) is 5.37. The lowest BCUT2D eigenvalue weighted by molar-refractivity contribution is -0.384. The Hall–Kier alpha value is -2.28. The molecule has 0 aliphatic carbocycles. The van der Waals surface area contributed by atoms with Gasteiger partial charge < -0.3 is 10.0 Å². The number of hydrogen-bond acceptors (Lipinski definition) is 6. The van der Waals surface area contributed by atoms with Gasteiger partial charge in [0.25, 0.3) is 5.69 Å². The minimum absolute atomic E-state index is 0.0117. The minimum Gasteiger partial charge on any atom is -0.394 e. The molecule has 2 heterocycles. The zero-order valence-corrected chi connectivity index (χ0v) is 11.6. The average molecular weight is 288 g/mol. The van der Waals surface area contributed by atoms with Crippen LogP contribution in [-0.4, -0.2) is 39.2 Å². The van der Waals surface area contributed by atoms with E-state index in [4.69, 9.17) is 0 Å². The van der Waals surface area contributed by atoms with Crippen molar-refractivity contribution in [1.82, 2.24) is 9.97 Å². The summed E-state index contributed by atoms with van der Waals surface area (Å²) in [6.45, 7) is 2.91. The number of aromatic nitrogens is 2. The second kappa shape index (κ2) is 5.25. The third kappa shape index (κ3) is 2.29. The van der Waals surface area contributed by atoms with Gasteiger partial charge >= 0.3 is 0 Å². The molecule has 0 radical (unpaired) electrons. The van der Waals surface area contributed by atoms with Gasteiger partial charge in [0.1, 0.15) is 12.1 Å². The molecule has 0 amide bonds. The fourth-order valence-electron chi connectivity index (χ4n) is 2.92. The lowest BCUT2D eigenvalue weighted by Crippen LogP contribution is -2.35. The molecule has 2 aromatic rings. The lowest BCUT2D eigenvalue weighted by Gasteiger charge is -2.26. The Labute approximate surface area is 121 Å². The molecular formula is C14H16N4O3.